The Hall–Kier alpha value is -2.27. The van der Waals surface area contributed by atoms with Crippen LogP contribution in [0.4, 0.5) is 5.00 Å². The molecule has 0 saturated carbocycles. The predicted molar refractivity (Wildman–Crippen MR) is 146 cm³/mol. The molecule has 1 N–H and O–H groups in total. The van der Waals surface area contributed by atoms with E-state index in [0.717, 1.165) is 88.0 Å². The predicted octanol–water partition coefficient (Wildman–Crippen LogP) is 4.18. The number of anilines is 1. The van der Waals surface area contributed by atoms with Gasteiger partial charge in [0.1, 0.15) is 5.00 Å². The molecular weight excluding hydrogens is 508 g/mol. The molecule has 1 aromatic carbocycles. The zero-order valence-corrected chi connectivity index (χ0v) is 23.1. The van der Waals surface area contributed by atoms with E-state index in [1.807, 2.05) is 4.90 Å². The van der Waals surface area contributed by atoms with E-state index in [2.05, 4.69) is 17.3 Å². The SMILES string of the molecule is CN1CCc2c(sc(NC(=O)c3ccc(S(=O)(=O)N4CCCCCC4)cc3)c2C(=O)N2CCCCC2)C1. The van der Waals surface area contributed by atoms with E-state index in [0.29, 0.717) is 29.2 Å². The highest BCUT2D eigenvalue weighted by atomic mass is 32.2. The van der Waals surface area contributed by atoms with Gasteiger partial charge in [-0.25, -0.2) is 8.42 Å². The van der Waals surface area contributed by atoms with Crippen molar-refractivity contribution < 1.29 is 18.0 Å². The number of thiophene rings is 1. The van der Waals surface area contributed by atoms with Crippen molar-refractivity contribution in [3.8, 4) is 0 Å². The van der Waals surface area contributed by atoms with E-state index in [4.69, 9.17) is 0 Å². The van der Waals surface area contributed by atoms with Crippen molar-refractivity contribution in [2.75, 3.05) is 45.1 Å². The number of piperidine rings is 1. The van der Waals surface area contributed by atoms with Crippen molar-refractivity contribution in [3.63, 3.8) is 0 Å². The summed E-state index contributed by atoms with van der Waals surface area (Å²) in [6.07, 6.45) is 7.80. The fourth-order valence-corrected chi connectivity index (χ4v) is 8.32. The van der Waals surface area contributed by atoms with Gasteiger partial charge in [-0.2, -0.15) is 4.31 Å². The van der Waals surface area contributed by atoms with Crippen LogP contribution in [0.15, 0.2) is 29.2 Å². The first kappa shape index (κ1) is 26.3. The van der Waals surface area contributed by atoms with Gasteiger partial charge in [0.15, 0.2) is 0 Å². The van der Waals surface area contributed by atoms with Crippen LogP contribution in [0.3, 0.4) is 0 Å². The molecule has 0 aliphatic carbocycles. The van der Waals surface area contributed by atoms with Crippen LogP contribution in [0.1, 0.15) is 76.1 Å². The number of carbonyl (C=O) groups is 2. The van der Waals surface area contributed by atoms with Gasteiger partial charge < -0.3 is 15.1 Å². The molecule has 37 heavy (non-hydrogen) atoms. The topological polar surface area (TPSA) is 90.0 Å². The number of hydrogen-bond acceptors (Lipinski definition) is 6. The summed E-state index contributed by atoms with van der Waals surface area (Å²) < 4.78 is 27.8. The quantitative estimate of drug-likeness (QED) is 0.610. The first-order chi connectivity index (χ1) is 17.8. The Balaban J connectivity index is 1.37. The highest BCUT2D eigenvalue weighted by Crippen LogP contribution is 2.38. The Labute approximate surface area is 223 Å². The lowest BCUT2D eigenvalue weighted by molar-refractivity contribution is 0.0724. The lowest BCUT2D eigenvalue weighted by Gasteiger charge is -2.28. The fraction of sp³-hybridized carbons (Fsp3) is 0.556. The molecule has 0 unspecified atom stereocenters. The molecule has 2 fully saturated rings. The first-order valence-electron chi connectivity index (χ1n) is 13.4. The second-order valence-corrected chi connectivity index (χ2v) is 13.4. The standard InChI is InChI=1S/C27H36N4O4S2/c1-29-18-13-22-23(19-29)36-26(24(22)27(33)30-14-5-4-6-15-30)28-25(32)20-9-11-21(12-10-20)37(34,35)31-16-7-2-3-8-17-31/h9-12H,2-8,13-19H2,1H3,(H,28,32). The van der Waals surface area contributed by atoms with Gasteiger partial charge in [-0.15, -0.1) is 11.3 Å². The molecular formula is C27H36N4O4S2. The maximum Gasteiger partial charge on any atom is 0.257 e. The van der Waals surface area contributed by atoms with Gasteiger partial charge in [0.05, 0.1) is 10.5 Å². The number of carbonyl (C=O) groups excluding carboxylic acids is 2. The highest BCUT2D eigenvalue weighted by Gasteiger charge is 2.31. The molecule has 2 saturated heterocycles. The third-order valence-electron chi connectivity index (χ3n) is 7.65. The summed E-state index contributed by atoms with van der Waals surface area (Å²) in [5, 5.41) is 3.60. The van der Waals surface area contributed by atoms with Gasteiger partial charge in [-0.1, -0.05) is 12.8 Å². The number of likely N-dealkylation sites (tertiary alicyclic amines) is 1. The number of nitrogens with one attached hydrogen (secondary N) is 1. The van der Waals surface area contributed by atoms with Crippen LogP contribution < -0.4 is 5.32 Å². The molecule has 0 bridgehead atoms. The lowest BCUT2D eigenvalue weighted by Crippen LogP contribution is -2.37. The van der Waals surface area contributed by atoms with Crippen molar-refractivity contribution >= 4 is 38.2 Å². The average molecular weight is 545 g/mol. The van der Waals surface area contributed by atoms with Gasteiger partial charge in [0.25, 0.3) is 11.8 Å². The minimum absolute atomic E-state index is 0.0101. The molecule has 200 valence electrons. The summed E-state index contributed by atoms with van der Waals surface area (Å²) in [5.41, 5.74) is 2.08. The average Bonchev–Trinajstić information content (AvgIpc) is 3.06. The Kier molecular flexibility index (Phi) is 7.99. The van der Waals surface area contributed by atoms with Crippen molar-refractivity contribution in [1.82, 2.24) is 14.1 Å². The zero-order chi connectivity index (χ0) is 26.0. The molecule has 8 nitrogen and oxygen atoms in total. The smallest absolute Gasteiger partial charge is 0.257 e. The van der Waals surface area contributed by atoms with E-state index in [1.165, 1.54) is 23.5 Å². The van der Waals surface area contributed by atoms with E-state index in [1.54, 1.807) is 16.4 Å². The number of hydrogen-bond donors (Lipinski definition) is 1. The van der Waals surface area contributed by atoms with Crippen molar-refractivity contribution in [2.24, 2.45) is 0 Å². The van der Waals surface area contributed by atoms with Crippen LogP contribution in [0.2, 0.25) is 0 Å². The highest BCUT2D eigenvalue weighted by molar-refractivity contribution is 7.89. The summed E-state index contributed by atoms with van der Waals surface area (Å²) in [7, 11) is -1.51. The van der Waals surface area contributed by atoms with Crippen LogP contribution in [0.25, 0.3) is 0 Å². The first-order valence-corrected chi connectivity index (χ1v) is 15.6. The molecule has 2 amide bonds. The minimum atomic E-state index is -3.58. The number of nitrogens with zero attached hydrogens (tertiary/aromatic N) is 3. The maximum absolute atomic E-state index is 13.6. The number of sulfonamides is 1. The second kappa shape index (κ2) is 11.2. The van der Waals surface area contributed by atoms with Gasteiger partial charge in [-0.05, 0) is 75.4 Å². The van der Waals surface area contributed by atoms with E-state index in [9.17, 15) is 18.0 Å². The summed E-state index contributed by atoms with van der Waals surface area (Å²) in [6.45, 7) is 4.23. The number of fused-ring (bicyclic) bond motifs is 1. The van der Waals surface area contributed by atoms with Crippen LogP contribution >= 0.6 is 11.3 Å². The summed E-state index contributed by atoms with van der Waals surface area (Å²) in [4.78, 5) is 32.3. The monoisotopic (exact) mass is 544 g/mol. The van der Waals surface area contributed by atoms with Gasteiger partial charge in [0.2, 0.25) is 10.0 Å². The molecule has 4 heterocycles. The summed E-state index contributed by atoms with van der Waals surface area (Å²) >= 11 is 1.49. The Morgan fingerprint density at radius 3 is 2.16 bits per heavy atom. The van der Waals surface area contributed by atoms with Gasteiger partial charge >= 0.3 is 0 Å². The zero-order valence-electron chi connectivity index (χ0n) is 21.5. The molecule has 2 aromatic rings. The molecule has 0 atom stereocenters. The number of benzene rings is 1. The number of amides is 2. The number of rotatable bonds is 5. The molecule has 1 aromatic heterocycles. The van der Waals surface area contributed by atoms with E-state index < -0.39 is 10.0 Å². The lowest BCUT2D eigenvalue weighted by atomic mass is 10.0. The van der Waals surface area contributed by atoms with Crippen molar-refractivity contribution in [1.29, 1.82) is 0 Å². The second-order valence-electron chi connectivity index (χ2n) is 10.3. The Morgan fingerprint density at radius 2 is 1.49 bits per heavy atom. The van der Waals surface area contributed by atoms with Crippen molar-refractivity contribution in [2.45, 2.75) is 62.8 Å². The van der Waals surface area contributed by atoms with E-state index in [-0.39, 0.29) is 16.7 Å². The third-order valence-corrected chi connectivity index (χ3v) is 10.7. The normalized spacial score (nSPS) is 19.8. The van der Waals surface area contributed by atoms with E-state index >= 15 is 0 Å². The van der Waals surface area contributed by atoms with Crippen LogP contribution in [0.5, 0.6) is 0 Å². The van der Waals surface area contributed by atoms with Crippen LogP contribution in [-0.2, 0) is 23.0 Å². The fourth-order valence-electron chi connectivity index (χ4n) is 5.49. The van der Waals surface area contributed by atoms with Gasteiger partial charge in [-0.3, -0.25) is 9.59 Å². The summed E-state index contributed by atoms with van der Waals surface area (Å²) in [6, 6.07) is 6.16. The maximum atomic E-state index is 13.6. The van der Waals surface area contributed by atoms with Crippen LogP contribution in [-0.4, -0.2) is 74.1 Å². The van der Waals surface area contributed by atoms with Crippen LogP contribution in [0, 0.1) is 0 Å². The molecule has 0 radical (unpaired) electrons. The molecule has 0 spiro atoms. The van der Waals surface area contributed by atoms with Gasteiger partial charge in [0, 0.05) is 49.7 Å². The molecule has 10 heteroatoms. The minimum Gasteiger partial charge on any atom is -0.339 e. The Morgan fingerprint density at radius 1 is 0.865 bits per heavy atom. The molecule has 3 aliphatic heterocycles. The molecule has 3 aliphatic rings. The Bertz CT molecular complexity index is 1240. The molecule has 5 rings (SSSR count). The summed E-state index contributed by atoms with van der Waals surface area (Å²) in [5.74, 6) is -0.325. The largest absolute Gasteiger partial charge is 0.339 e. The third kappa shape index (κ3) is 5.62. The van der Waals surface area contributed by atoms with Crippen molar-refractivity contribution in [3.05, 3.63) is 45.8 Å². The number of likely N-dealkylation sites (N-methyl/N-ethyl adjacent to an activating group) is 1.